The van der Waals surface area contributed by atoms with Gasteiger partial charge in [0.15, 0.2) is 18.2 Å². The van der Waals surface area contributed by atoms with Crippen LogP contribution in [0.4, 0.5) is 4.39 Å². The van der Waals surface area contributed by atoms with Gasteiger partial charge in [0.2, 0.25) is 5.91 Å². The molecule has 1 atom stereocenters. The number of carbonyl (C=O) groups is 2. The van der Waals surface area contributed by atoms with E-state index >= 15 is 0 Å². The first kappa shape index (κ1) is 15.2. The molecule has 2 rings (SSSR count). The third kappa shape index (κ3) is 3.91. The first-order valence-electron chi connectivity index (χ1n) is 6.72. The summed E-state index contributed by atoms with van der Waals surface area (Å²) in [5.74, 6) is -0.895. The molecule has 0 bridgehead atoms. The van der Waals surface area contributed by atoms with Crippen LogP contribution in [0.25, 0.3) is 0 Å². The Bertz CT molecular complexity index is 524. The summed E-state index contributed by atoms with van der Waals surface area (Å²) in [5, 5.41) is 5.57. The Kier molecular flexibility index (Phi) is 5.10. The Morgan fingerprint density at radius 1 is 1.48 bits per heavy atom. The molecule has 1 aliphatic heterocycles. The van der Waals surface area contributed by atoms with E-state index < -0.39 is 11.9 Å². The maximum absolute atomic E-state index is 13.4. The molecule has 6 nitrogen and oxygen atoms in total. The van der Waals surface area contributed by atoms with Crippen molar-refractivity contribution in [3.8, 4) is 5.75 Å². The fraction of sp³-hybridized carbons (Fsp3) is 0.429. The fourth-order valence-electron chi connectivity index (χ4n) is 2.12. The maximum Gasteiger partial charge on any atom is 0.260 e. The van der Waals surface area contributed by atoms with E-state index in [0.29, 0.717) is 13.1 Å². The number of nitrogens with zero attached hydrogens (tertiary/aromatic N) is 1. The summed E-state index contributed by atoms with van der Waals surface area (Å²) in [6.45, 7) is 1.05. The maximum atomic E-state index is 13.4. The molecule has 21 heavy (non-hydrogen) atoms. The lowest BCUT2D eigenvalue weighted by atomic mass is 10.2. The largest absolute Gasteiger partial charge is 0.481 e. The Balaban J connectivity index is 1.88. The van der Waals surface area contributed by atoms with Gasteiger partial charge in [-0.2, -0.15) is 0 Å². The SMILES string of the molecule is CNC(=O)[C@H]1CN(C(=O)COc2ccccc2F)CCN1. The van der Waals surface area contributed by atoms with Crippen LogP contribution in [0.2, 0.25) is 0 Å². The summed E-state index contributed by atoms with van der Waals surface area (Å²) < 4.78 is 18.6. The molecule has 0 aliphatic carbocycles. The first-order chi connectivity index (χ1) is 10.1. The number of ether oxygens (including phenoxy) is 1. The zero-order valence-electron chi connectivity index (χ0n) is 11.8. The van der Waals surface area contributed by atoms with Gasteiger partial charge < -0.3 is 20.3 Å². The Morgan fingerprint density at radius 3 is 2.95 bits per heavy atom. The zero-order chi connectivity index (χ0) is 15.2. The molecule has 1 heterocycles. The van der Waals surface area contributed by atoms with Crippen molar-refractivity contribution in [3.05, 3.63) is 30.1 Å². The number of hydrogen-bond donors (Lipinski definition) is 2. The van der Waals surface area contributed by atoms with Crippen molar-refractivity contribution in [1.82, 2.24) is 15.5 Å². The second-order valence-electron chi connectivity index (χ2n) is 4.68. The lowest BCUT2D eigenvalue weighted by Crippen LogP contribution is -2.58. The Labute approximate surface area is 122 Å². The number of benzene rings is 1. The molecule has 1 aromatic carbocycles. The van der Waals surface area contributed by atoms with E-state index in [1.165, 1.54) is 17.0 Å². The fourth-order valence-corrected chi connectivity index (χ4v) is 2.12. The summed E-state index contributed by atoms with van der Waals surface area (Å²) in [6, 6.07) is 5.49. The van der Waals surface area contributed by atoms with Crippen LogP contribution in [0.1, 0.15) is 0 Å². The average Bonchev–Trinajstić information content (AvgIpc) is 2.53. The monoisotopic (exact) mass is 295 g/mol. The first-order valence-corrected chi connectivity index (χ1v) is 6.72. The van der Waals surface area contributed by atoms with E-state index in [2.05, 4.69) is 10.6 Å². The highest BCUT2D eigenvalue weighted by Crippen LogP contribution is 2.15. The third-order valence-corrected chi connectivity index (χ3v) is 3.28. The molecule has 0 spiro atoms. The molecule has 0 saturated carbocycles. The summed E-state index contributed by atoms with van der Waals surface area (Å²) in [6.07, 6.45) is 0. The molecule has 1 aromatic rings. The van der Waals surface area contributed by atoms with Crippen molar-refractivity contribution in [2.75, 3.05) is 33.3 Å². The number of halogens is 1. The second kappa shape index (κ2) is 7.03. The van der Waals surface area contributed by atoms with Crippen LogP contribution in [0.15, 0.2) is 24.3 Å². The highest BCUT2D eigenvalue weighted by atomic mass is 19.1. The molecule has 0 radical (unpaired) electrons. The number of likely N-dealkylation sites (N-methyl/N-ethyl adjacent to an activating group) is 1. The van der Waals surface area contributed by atoms with Crippen molar-refractivity contribution >= 4 is 11.8 Å². The van der Waals surface area contributed by atoms with Gasteiger partial charge in [0, 0.05) is 26.7 Å². The third-order valence-electron chi connectivity index (χ3n) is 3.28. The molecular weight excluding hydrogens is 277 g/mol. The molecule has 0 unspecified atom stereocenters. The van der Waals surface area contributed by atoms with Crippen molar-refractivity contribution in [3.63, 3.8) is 0 Å². The summed E-state index contributed by atoms with van der Waals surface area (Å²) in [5.41, 5.74) is 0. The highest BCUT2D eigenvalue weighted by Gasteiger charge is 2.27. The van der Waals surface area contributed by atoms with E-state index in [4.69, 9.17) is 4.74 Å². The van der Waals surface area contributed by atoms with Crippen LogP contribution >= 0.6 is 0 Å². The predicted octanol–water partition coefficient (Wildman–Crippen LogP) is -0.249. The molecule has 2 amide bonds. The highest BCUT2D eigenvalue weighted by molar-refractivity contribution is 5.84. The average molecular weight is 295 g/mol. The standard InChI is InChI=1S/C14H18FN3O3/c1-16-14(20)11-8-18(7-6-17-11)13(19)9-21-12-5-3-2-4-10(12)15/h2-5,11,17H,6-9H2,1H3,(H,16,20)/t11-/m1/s1. The topological polar surface area (TPSA) is 70.7 Å². The van der Waals surface area contributed by atoms with Crippen molar-refractivity contribution in [1.29, 1.82) is 0 Å². The molecule has 1 aliphatic rings. The van der Waals surface area contributed by atoms with Crippen LogP contribution in [-0.4, -0.2) is 56.0 Å². The van der Waals surface area contributed by atoms with Crippen molar-refractivity contribution in [2.24, 2.45) is 0 Å². The quantitative estimate of drug-likeness (QED) is 0.804. The van der Waals surface area contributed by atoms with Gasteiger partial charge in [-0.1, -0.05) is 12.1 Å². The van der Waals surface area contributed by atoms with Gasteiger partial charge in [-0.25, -0.2) is 4.39 Å². The number of hydrogen-bond acceptors (Lipinski definition) is 4. The van der Waals surface area contributed by atoms with Gasteiger partial charge in [-0.3, -0.25) is 9.59 Å². The van der Waals surface area contributed by atoms with Gasteiger partial charge in [0.25, 0.3) is 5.91 Å². The van der Waals surface area contributed by atoms with Crippen LogP contribution in [-0.2, 0) is 9.59 Å². The van der Waals surface area contributed by atoms with Gasteiger partial charge in [0.1, 0.15) is 6.04 Å². The van der Waals surface area contributed by atoms with Crippen molar-refractivity contribution < 1.29 is 18.7 Å². The van der Waals surface area contributed by atoms with Gasteiger partial charge in [-0.05, 0) is 12.1 Å². The van der Waals surface area contributed by atoms with Crippen LogP contribution in [0, 0.1) is 5.82 Å². The predicted molar refractivity (Wildman–Crippen MR) is 74.3 cm³/mol. The molecule has 1 saturated heterocycles. The van der Waals surface area contributed by atoms with Crippen LogP contribution < -0.4 is 15.4 Å². The van der Waals surface area contributed by atoms with Crippen LogP contribution in [0.5, 0.6) is 5.75 Å². The Morgan fingerprint density at radius 2 is 2.24 bits per heavy atom. The Hall–Kier alpha value is -2.15. The number of piperazine rings is 1. The van der Waals surface area contributed by atoms with E-state index in [1.807, 2.05) is 0 Å². The minimum Gasteiger partial charge on any atom is -0.481 e. The lowest BCUT2D eigenvalue weighted by Gasteiger charge is -2.32. The van der Waals surface area contributed by atoms with Crippen molar-refractivity contribution in [2.45, 2.75) is 6.04 Å². The minimum atomic E-state index is -0.506. The van der Waals surface area contributed by atoms with E-state index in [-0.39, 0.29) is 30.7 Å². The zero-order valence-corrected chi connectivity index (χ0v) is 11.8. The molecule has 1 fully saturated rings. The number of carbonyl (C=O) groups excluding carboxylic acids is 2. The van der Waals surface area contributed by atoms with Gasteiger partial charge in [-0.15, -0.1) is 0 Å². The number of nitrogens with one attached hydrogen (secondary N) is 2. The normalized spacial score (nSPS) is 18.2. The van der Waals surface area contributed by atoms with Gasteiger partial charge in [0.05, 0.1) is 0 Å². The molecular formula is C14H18FN3O3. The molecule has 0 aromatic heterocycles. The number of amides is 2. The second-order valence-corrected chi connectivity index (χ2v) is 4.68. The lowest BCUT2D eigenvalue weighted by molar-refractivity contribution is -0.136. The summed E-state index contributed by atoms with van der Waals surface area (Å²) in [4.78, 5) is 25.2. The summed E-state index contributed by atoms with van der Waals surface area (Å²) in [7, 11) is 1.55. The molecule has 2 N–H and O–H groups in total. The summed E-state index contributed by atoms with van der Waals surface area (Å²) >= 11 is 0. The molecule has 114 valence electrons. The molecule has 7 heteroatoms. The van der Waals surface area contributed by atoms with E-state index in [0.717, 1.165) is 0 Å². The minimum absolute atomic E-state index is 0.0452. The van der Waals surface area contributed by atoms with E-state index in [1.54, 1.807) is 19.2 Å². The number of para-hydroxylation sites is 1. The van der Waals surface area contributed by atoms with E-state index in [9.17, 15) is 14.0 Å². The smallest absolute Gasteiger partial charge is 0.260 e. The number of rotatable bonds is 4. The van der Waals surface area contributed by atoms with Crippen LogP contribution in [0.3, 0.4) is 0 Å². The van der Waals surface area contributed by atoms with Gasteiger partial charge >= 0.3 is 0 Å².